The van der Waals surface area contributed by atoms with Gasteiger partial charge in [0, 0.05) is 30.9 Å². The summed E-state index contributed by atoms with van der Waals surface area (Å²) in [5.74, 6) is 0.646. The second kappa shape index (κ2) is 8.29. The van der Waals surface area contributed by atoms with Crippen LogP contribution in [0.4, 0.5) is 5.69 Å². The number of benzene rings is 1. The van der Waals surface area contributed by atoms with Crippen molar-refractivity contribution in [1.82, 2.24) is 9.21 Å². The van der Waals surface area contributed by atoms with E-state index in [2.05, 4.69) is 17.1 Å². The average molecular weight is 394 g/mol. The average Bonchev–Trinajstić information content (AvgIpc) is 3.53. The zero-order chi connectivity index (χ0) is 19.6. The monoisotopic (exact) mass is 393 g/mol. The highest BCUT2D eigenvalue weighted by Crippen LogP contribution is 2.39. The van der Waals surface area contributed by atoms with Crippen LogP contribution in [0.3, 0.4) is 0 Å². The molecule has 2 aliphatic rings. The first-order chi connectivity index (χ1) is 12.9. The van der Waals surface area contributed by atoms with Crippen LogP contribution in [0.25, 0.3) is 0 Å². The van der Waals surface area contributed by atoms with E-state index < -0.39 is 10.0 Å². The van der Waals surface area contributed by atoms with Crippen molar-refractivity contribution in [3.8, 4) is 0 Å². The van der Waals surface area contributed by atoms with Crippen molar-refractivity contribution in [1.29, 1.82) is 0 Å². The zero-order valence-corrected chi connectivity index (χ0v) is 17.3. The molecule has 7 heteroatoms. The van der Waals surface area contributed by atoms with E-state index in [0.29, 0.717) is 37.4 Å². The fourth-order valence-electron chi connectivity index (χ4n) is 3.67. The fourth-order valence-corrected chi connectivity index (χ4v) is 5.18. The Morgan fingerprint density at radius 2 is 1.85 bits per heavy atom. The van der Waals surface area contributed by atoms with Crippen molar-refractivity contribution in [2.75, 3.05) is 25.0 Å². The van der Waals surface area contributed by atoms with Crippen molar-refractivity contribution >= 4 is 21.6 Å². The molecular weight excluding hydrogens is 362 g/mol. The summed E-state index contributed by atoms with van der Waals surface area (Å²) in [5.41, 5.74) is 0.531. The summed E-state index contributed by atoms with van der Waals surface area (Å²) in [4.78, 5) is 15.1. The summed E-state index contributed by atoms with van der Waals surface area (Å²) in [6.07, 6.45) is 4.86. The van der Waals surface area contributed by atoms with Gasteiger partial charge in [0.25, 0.3) is 0 Å². The highest BCUT2D eigenvalue weighted by Gasteiger charge is 2.39. The number of carbonyl (C=O) groups excluding carboxylic acids is 1. The minimum atomic E-state index is -3.53. The minimum absolute atomic E-state index is 0.0770. The normalized spacial score (nSPS) is 18.7. The standard InChI is InChI=1S/C20H31N3O3S/c1-4-22(5-2)27(25,26)19-8-6-7-17(13-19)21-20(24)14-23(18-11-12-18)15(3)16-9-10-16/h6-8,13,15-16,18H,4-5,9-12,14H2,1-3H3,(H,21,24). The molecule has 0 aliphatic heterocycles. The third-order valence-corrected chi connectivity index (χ3v) is 7.68. The topological polar surface area (TPSA) is 69.7 Å². The molecule has 2 aliphatic carbocycles. The second-order valence-electron chi connectivity index (χ2n) is 7.65. The van der Waals surface area contributed by atoms with Crippen molar-refractivity contribution in [2.45, 2.75) is 63.4 Å². The maximum atomic E-state index is 12.7. The Morgan fingerprint density at radius 3 is 2.41 bits per heavy atom. The summed E-state index contributed by atoms with van der Waals surface area (Å²) in [5, 5.41) is 2.89. The fraction of sp³-hybridized carbons (Fsp3) is 0.650. The molecule has 2 saturated carbocycles. The molecule has 150 valence electrons. The maximum absolute atomic E-state index is 12.7. The molecule has 0 radical (unpaired) electrons. The zero-order valence-electron chi connectivity index (χ0n) is 16.5. The Morgan fingerprint density at radius 1 is 1.19 bits per heavy atom. The molecule has 0 heterocycles. The number of nitrogens with zero attached hydrogens (tertiary/aromatic N) is 2. The highest BCUT2D eigenvalue weighted by atomic mass is 32.2. The van der Waals surface area contributed by atoms with Crippen LogP contribution in [0.5, 0.6) is 0 Å². The van der Waals surface area contributed by atoms with E-state index in [1.165, 1.54) is 30.0 Å². The number of carbonyl (C=O) groups is 1. The molecule has 0 spiro atoms. The van der Waals surface area contributed by atoms with Crippen molar-refractivity contribution in [3.05, 3.63) is 24.3 Å². The van der Waals surface area contributed by atoms with E-state index in [1.807, 2.05) is 13.8 Å². The molecule has 1 aromatic carbocycles. The smallest absolute Gasteiger partial charge is 0.243 e. The SMILES string of the molecule is CCN(CC)S(=O)(=O)c1cccc(NC(=O)CN(C2CC2)C(C)C2CC2)c1. The predicted octanol–water partition coefficient (Wildman–Crippen LogP) is 2.92. The Bertz CT molecular complexity index is 768. The number of hydrogen-bond donors (Lipinski definition) is 1. The van der Waals surface area contributed by atoms with Crippen LogP contribution >= 0.6 is 0 Å². The van der Waals surface area contributed by atoms with E-state index in [9.17, 15) is 13.2 Å². The number of sulfonamides is 1. The molecule has 1 amide bonds. The largest absolute Gasteiger partial charge is 0.325 e. The Hall–Kier alpha value is -1.44. The van der Waals surface area contributed by atoms with Gasteiger partial charge in [-0.2, -0.15) is 4.31 Å². The van der Waals surface area contributed by atoms with Gasteiger partial charge in [-0.05, 0) is 56.7 Å². The maximum Gasteiger partial charge on any atom is 0.243 e. The first kappa shape index (κ1) is 20.3. The minimum Gasteiger partial charge on any atom is -0.325 e. The number of hydrogen-bond acceptors (Lipinski definition) is 4. The molecule has 0 bridgehead atoms. The number of nitrogens with one attached hydrogen (secondary N) is 1. The first-order valence-corrected chi connectivity index (χ1v) is 11.5. The van der Waals surface area contributed by atoms with Gasteiger partial charge in [-0.15, -0.1) is 0 Å². The molecule has 27 heavy (non-hydrogen) atoms. The van der Waals surface area contributed by atoms with Crippen LogP contribution in [0.2, 0.25) is 0 Å². The molecule has 1 atom stereocenters. The lowest BCUT2D eigenvalue weighted by atomic mass is 10.1. The predicted molar refractivity (Wildman–Crippen MR) is 107 cm³/mol. The van der Waals surface area contributed by atoms with Crippen LogP contribution in [-0.4, -0.2) is 55.2 Å². The molecule has 0 saturated heterocycles. The van der Waals surface area contributed by atoms with Gasteiger partial charge in [0.15, 0.2) is 0 Å². The van der Waals surface area contributed by atoms with Gasteiger partial charge in [-0.3, -0.25) is 9.69 Å². The third kappa shape index (κ3) is 4.89. The molecule has 6 nitrogen and oxygen atoms in total. The highest BCUT2D eigenvalue weighted by molar-refractivity contribution is 7.89. The Kier molecular flexibility index (Phi) is 6.23. The first-order valence-electron chi connectivity index (χ1n) is 10.0. The second-order valence-corrected chi connectivity index (χ2v) is 9.58. The molecule has 2 fully saturated rings. The Labute approximate surface area is 163 Å². The van der Waals surface area contributed by atoms with Gasteiger partial charge < -0.3 is 5.32 Å². The van der Waals surface area contributed by atoms with Gasteiger partial charge in [-0.1, -0.05) is 19.9 Å². The quantitative estimate of drug-likeness (QED) is 0.664. The number of anilines is 1. The number of amides is 1. The van der Waals surface area contributed by atoms with Gasteiger partial charge in [0.2, 0.25) is 15.9 Å². The van der Waals surface area contributed by atoms with E-state index >= 15 is 0 Å². The van der Waals surface area contributed by atoms with Crippen LogP contribution < -0.4 is 5.32 Å². The summed E-state index contributed by atoms with van der Waals surface area (Å²) in [6, 6.07) is 7.52. The van der Waals surface area contributed by atoms with E-state index in [0.717, 1.165) is 5.92 Å². The van der Waals surface area contributed by atoms with Gasteiger partial charge in [0.05, 0.1) is 11.4 Å². The van der Waals surface area contributed by atoms with Crippen molar-refractivity contribution in [3.63, 3.8) is 0 Å². The van der Waals surface area contributed by atoms with Gasteiger partial charge in [0.1, 0.15) is 0 Å². The van der Waals surface area contributed by atoms with Crippen LogP contribution in [0, 0.1) is 5.92 Å². The molecule has 1 unspecified atom stereocenters. The molecule has 3 rings (SSSR count). The Balaban J connectivity index is 1.67. The molecule has 1 aromatic rings. The molecular formula is C20H31N3O3S. The van der Waals surface area contributed by atoms with Gasteiger partial charge in [-0.25, -0.2) is 8.42 Å². The van der Waals surface area contributed by atoms with Crippen LogP contribution in [-0.2, 0) is 14.8 Å². The summed E-state index contributed by atoms with van der Waals surface area (Å²) < 4.78 is 26.8. The lowest BCUT2D eigenvalue weighted by Gasteiger charge is -2.28. The number of rotatable bonds is 10. The van der Waals surface area contributed by atoms with E-state index in [4.69, 9.17) is 0 Å². The summed E-state index contributed by atoms with van der Waals surface area (Å²) in [7, 11) is -3.53. The van der Waals surface area contributed by atoms with E-state index in [-0.39, 0.29) is 10.8 Å². The van der Waals surface area contributed by atoms with Gasteiger partial charge >= 0.3 is 0 Å². The summed E-state index contributed by atoms with van der Waals surface area (Å²) >= 11 is 0. The third-order valence-electron chi connectivity index (χ3n) is 5.63. The van der Waals surface area contributed by atoms with Crippen molar-refractivity contribution in [2.24, 2.45) is 5.92 Å². The van der Waals surface area contributed by atoms with E-state index in [1.54, 1.807) is 24.3 Å². The van der Waals surface area contributed by atoms with Crippen LogP contribution in [0.1, 0.15) is 46.5 Å². The lowest BCUT2D eigenvalue weighted by Crippen LogP contribution is -2.42. The van der Waals surface area contributed by atoms with Crippen molar-refractivity contribution < 1.29 is 13.2 Å². The summed E-state index contributed by atoms with van der Waals surface area (Å²) in [6.45, 7) is 7.08. The molecule has 0 aromatic heterocycles. The lowest BCUT2D eigenvalue weighted by molar-refractivity contribution is -0.118. The van der Waals surface area contributed by atoms with Crippen LogP contribution in [0.15, 0.2) is 29.2 Å². The molecule has 1 N–H and O–H groups in total.